The van der Waals surface area contributed by atoms with Crippen LogP contribution in [-0.4, -0.2) is 11.1 Å². The molecule has 0 saturated heterocycles. The van der Waals surface area contributed by atoms with Crippen molar-refractivity contribution in [3.8, 4) is 11.5 Å². The van der Waals surface area contributed by atoms with Gasteiger partial charge in [-0.15, -0.1) is 0 Å². The third-order valence-electron chi connectivity index (χ3n) is 2.56. The van der Waals surface area contributed by atoms with Gasteiger partial charge in [0.25, 0.3) is 0 Å². The molecule has 1 N–H and O–H groups in total. The summed E-state index contributed by atoms with van der Waals surface area (Å²) in [5.41, 5.74) is 0.752. The maximum Gasteiger partial charge on any atom is 0.311 e. The Morgan fingerprint density at radius 1 is 1.00 bits per heavy atom. The molecule has 0 spiro atoms. The van der Waals surface area contributed by atoms with Crippen molar-refractivity contribution in [3.05, 3.63) is 60.2 Å². The van der Waals surface area contributed by atoms with Crippen LogP contribution in [0.5, 0.6) is 11.5 Å². The summed E-state index contributed by atoms with van der Waals surface area (Å²) in [4.78, 5) is 11.6. The number of ether oxygens (including phenoxy) is 1. The van der Waals surface area contributed by atoms with E-state index in [9.17, 15) is 9.90 Å². The molecule has 0 aromatic heterocycles. The van der Waals surface area contributed by atoms with Crippen LogP contribution < -0.4 is 4.74 Å². The van der Waals surface area contributed by atoms with Gasteiger partial charge >= 0.3 is 5.97 Å². The fraction of sp³-hybridized carbons (Fsp3) is 0.133. The number of phenols is 1. The van der Waals surface area contributed by atoms with Crippen LogP contribution in [0.15, 0.2) is 54.6 Å². The molecule has 2 aromatic rings. The van der Waals surface area contributed by atoms with Crippen LogP contribution >= 0.6 is 0 Å². The van der Waals surface area contributed by atoms with Crippen molar-refractivity contribution in [1.29, 1.82) is 0 Å². The van der Waals surface area contributed by atoms with E-state index in [0.29, 0.717) is 12.2 Å². The largest absolute Gasteiger partial charge is 0.508 e. The quantitative estimate of drug-likeness (QED) is 0.662. The van der Waals surface area contributed by atoms with E-state index < -0.39 is 0 Å². The van der Waals surface area contributed by atoms with Crippen molar-refractivity contribution in [2.24, 2.45) is 0 Å². The van der Waals surface area contributed by atoms with E-state index in [1.165, 1.54) is 0 Å². The molecule has 18 heavy (non-hydrogen) atoms. The van der Waals surface area contributed by atoms with Gasteiger partial charge < -0.3 is 9.84 Å². The zero-order valence-corrected chi connectivity index (χ0v) is 9.87. The Morgan fingerprint density at radius 2 is 1.67 bits per heavy atom. The van der Waals surface area contributed by atoms with Crippen molar-refractivity contribution in [2.45, 2.75) is 12.8 Å². The van der Waals surface area contributed by atoms with Gasteiger partial charge in [-0.05, 0) is 30.2 Å². The highest BCUT2D eigenvalue weighted by atomic mass is 16.5. The lowest BCUT2D eigenvalue weighted by Gasteiger charge is -2.05. The molecule has 0 amide bonds. The van der Waals surface area contributed by atoms with E-state index >= 15 is 0 Å². The van der Waals surface area contributed by atoms with Crippen molar-refractivity contribution < 1.29 is 14.6 Å². The molecular formula is C15H14O3. The minimum atomic E-state index is -0.301. The van der Waals surface area contributed by atoms with Gasteiger partial charge in [-0.25, -0.2) is 0 Å². The summed E-state index contributed by atoms with van der Waals surface area (Å²) in [5.74, 6) is 0.453. The van der Waals surface area contributed by atoms with E-state index in [2.05, 4.69) is 0 Å². The van der Waals surface area contributed by atoms with E-state index in [0.717, 1.165) is 5.56 Å². The van der Waals surface area contributed by atoms with E-state index in [1.807, 2.05) is 24.3 Å². The highest BCUT2D eigenvalue weighted by Gasteiger charge is 2.07. The van der Waals surface area contributed by atoms with Crippen LogP contribution in [0.1, 0.15) is 12.0 Å². The maximum absolute atomic E-state index is 11.6. The average molecular weight is 242 g/mol. The molecule has 0 heterocycles. The van der Waals surface area contributed by atoms with Gasteiger partial charge in [0.1, 0.15) is 11.5 Å². The molecule has 0 aliphatic carbocycles. The highest BCUT2D eigenvalue weighted by molar-refractivity contribution is 5.72. The summed E-state index contributed by atoms with van der Waals surface area (Å²) in [5, 5.41) is 9.56. The molecule has 2 aromatic carbocycles. The van der Waals surface area contributed by atoms with Gasteiger partial charge in [0.15, 0.2) is 0 Å². The lowest BCUT2D eigenvalue weighted by molar-refractivity contribution is -0.134. The number of phenolic OH excluding ortho intramolecular Hbond substituents is 1. The molecule has 0 saturated carbocycles. The molecule has 2 rings (SSSR count). The molecule has 0 aliphatic heterocycles. The van der Waals surface area contributed by atoms with E-state index in [1.54, 1.807) is 30.3 Å². The Bertz CT molecular complexity index is 520. The first kappa shape index (κ1) is 12.2. The predicted molar refractivity (Wildman–Crippen MR) is 68.5 cm³/mol. The van der Waals surface area contributed by atoms with Crippen LogP contribution in [-0.2, 0) is 11.2 Å². The average Bonchev–Trinajstić information content (AvgIpc) is 2.39. The van der Waals surface area contributed by atoms with Gasteiger partial charge in [-0.3, -0.25) is 4.79 Å². The first-order chi connectivity index (χ1) is 8.75. The fourth-order valence-corrected chi connectivity index (χ4v) is 1.63. The third kappa shape index (κ3) is 3.35. The first-order valence-electron chi connectivity index (χ1n) is 5.78. The number of esters is 1. The molecule has 3 nitrogen and oxygen atoms in total. The zero-order chi connectivity index (χ0) is 12.8. The summed E-state index contributed by atoms with van der Waals surface area (Å²) < 4.78 is 5.16. The SMILES string of the molecule is O=C(CCc1ccccc1O)Oc1ccccc1. The molecule has 0 fully saturated rings. The molecule has 0 atom stereocenters. The number of carbonyl (C=O) groups is 1. The molecule has 0 unspecified atom stereocenters. The Labute approximate surface area is 106 Å². The fourth-order valence-electron chi connectivity index (χ4n) is 1.63. The summed E-state index contributed by atoms with van der Waals surface area (Å²) in [7, 11) is 0. The van der Waals surface area contributed by atoms with Crippen LogP contribution in [0.2, 0.25) is 0 Å². The Hall–Kier alpha value is -2.29. The summed E-state index contributed by atoms with van der Waals surface area (Å²) >= 11 is 0. The summed E-state index contributed by atoms with van der Waals surface area (Å²) in [6.07, 6.45) is 0.713. The number of para-hydroxylation sites is 2. The van der Waals surface area contributed by atoms with Crippen molar-refractivity contribution in [2.75, 3.05) is 0 Å². The topological polar surface area (TPSA) is 46.5 Å². The van der Waals surface area contributed by atoms with Crippen molar-refractivity contribution >= 4 is 5.97 Å². The number of benzene rings is 2. The molecular weight excluding hydrogens is 228 g/mol. The van der Waals surface area contributed by atoms with E-state index in [-0.39, 0.29) is 18.1 Å². The van der Waals surface area contributed by atoms with Gasteiger partial charge in [-0.2, -0.15) is 0 Å². The number of rotatable bonds is 4. The molecule has 0 radical (unpaired) electrons. The maximum atomic E-state index is 11.6. The molecule has 0 aliphatic rings. The lowest BCUT2D eigenvalue weighted by Crippen LogP contribution is -2.08. The van der Waals surface area contributed by atoms with Gasteiger partial charge in [0.05, 0.1) is 6.42 Å². The summed E-state index contributed by atoms with van der Waals surface area (Å²) in [6.45, 7) is 0. The minimum Gasteiger partial charge on any atom is -0.508 e. The van der Waals surface area contributed by atoms with Crippen LogP contribution in [0.4, 0.5) is 0 Å². The van der Waals surface area contributed by atoms with Crippen LogP contribution in [0.3, 0.4) is 0 Å². The Kier molecular flexibility index (Phi) is 3.97. The second-order valence-electron chi connectivity index (χ2n) is 3.92. The summed E-state index contributed by atoms with van der Waals surface area (Å²) in [6, 6.07) is 15.9. The van der Waals surface area contributed by atoms with Crippen molar-refractivity contribution in [3.63, 3.8) is 0 Å². The number of aromatic hydroxyl groups is 1. The molecule has 0 bridgehead atoms. The minimum absolute atomic E-state index is 0.213. The number of aryl methyl sites for hydroxylation is 1. The van der Waals surface area contributed by atoms with E-state index in [4.69, 9.17) is 4.74 Å². The van der Waals surface area contributed by atoms with Gasteiger partial charge in [0, 0.05) is 0 Å². The second kappa shape index (κ2) is 5.87. The molecule has 92 valence electrons. The smallest absolute Gasteiger partial charge is 0.311 e. The zero-order valence-electron chi connectivity index (χ0n) is 9.87. The predicted octanol–water partition coefficient (Wildman–Crippen LogP) is 2.93. The number of hydrogen-bond acceptors (Lipinski definition) is 3. The monoisotopic (exact) mass is 242 g/mol. The van der Waals surface area contributed by atoms with Crippen molar-refractivity contribution in [1.82, 2.24) is 0 Å². The second-order valence-corrected chi connectivity index (χ2v) is 3.92. The third-order valence-corrected chi connectivity index (χ3v) is 2.56. The first-order valence-corrected chi connectivity index (χ1v) is 5.78. The van der Waals surface area contributed by atoms with Gasteiger partial charge in [-0.1, -0.05) is 36.4 Å². The standard InChI is InChI=1S/C15H14O3/c16-14-9-5-4-6-12(14)10-11-15(17)18-13-7-2-1-3-8-13/h1-9,16H,10-11H2. The number of carbonyl (C=O) groups excluding carboxylic acids is 1. The lowest BCUT2D eigenvalue weighted by atomic mass is 10.1. The Balaban J connectivity index is 1.88. The van der Waals surface area contributed by atoms with Gasteiger partial charge in [0.2, 0.25) is 0 Å². The van der Waals surface area contributed by atoms with Crippen LogP contribution in [0, 0.1) is 0 Å². The normalized spacial score (nSPS) is 10.0. The Morgan fingerprint density at radius 3 is 2.39 bits per heavy atom. The van der Waals surface area contributed by atoms with Crippen LogP contribution in [0.25, 0.3) is 0 Å². The number of hydrogen-bond donors (Lipinski definition) is 1. The molecule has 3 heteroatoms. The highest BCUT2D eigenvalue weighted by Crippen LogP contribution is 2.18.